The smallest absolute Gasteiger partial charge is 0.268 e. The van der Waals surface area contributed by atoms with E-state index in [1.165, 1.54) is 36.0 Å². The van der Waals surface area contributed by atoms with Crippen molar-refractivity contribution in [2.75, 3.05) is 0 Å². The Hall–Kier alpha value is -2.07. The Labute approximate surface area is 139 Å². The Bertz CT molecular complexity index is 833. The van der Waals surface area contributed by atoms with Crippen LogP contribution in [-0.4, -0.2) is 10.9 Å². The molecule has 2 heterocycles. The van der Waals surface area contributed by atoms with Crippen molar-refractivity contribution in [2.24, 2.45) is 0 Å². The number of carbonyl (C=O) groups is 1. The maximum Gasteiger partial charge on any atom is 0.268 e. The number of aromatic amines is 1. The Kier molecular flexibility index (Phi) is 3.69. The SMILES string of the molecule is CC(NC(=O)c1cc2sccc2[nH]1)c1ccc2c(c1)CCCC2. The number of hydrogen-bond donors (Lipinski definition) is 2. The highest BCUT2D eigenvalue weighted by Gasteiger charge is 2.16. The van der Waals surface area contributed by atoms with Gasteiger partial charge in [0, 0.05) is 0 Å². The van der Waals surface area contributed by atoms with E-state index in [0.717, 1.165) is 16.6 Å². The molecule has 0 spiro atoms. The fraction of sp³-hybridized carbons (Fsp3) is 0.316. The van der Waals surface area contributed by atoms with Crippen LogP contribution in [0.4, 0.5) is 0 Å². The molecule has 0 aliphatic heterocycles. The number of aryl methyl sites for hydroxylation is 2. The molecule has 118 valence electrons. The Balaban J connectivity index is 1.51. The van der Waals surface area contributed by atoms with Crippen LogP contribution < -0.4 is 5.32 Å². The second kappa shape index (κ2) is 5.85. The zero-order valence-corrected chi connectivity index (χ0v) is 14.0. The number of carbonyl (C=O) groups excluding carboxylic acids is 1. The lowest BCUT2D eigenvalue weighted by Crippen LogP contribution is -2.27. The van der Waals surface area contributed by atoms with Gasteiger partial charge in [-0.2, -0.15) is 0 Å². The molecule has 4 heteroatoms. The van der Waals surface area contributed by atoms with Crippen LogP contribution in [0.3, 0.4) is 0 Å². The summed E-state index contributed by atoms with van der Waals surface area (Å²) in [6, 6.07) is 10.6. The minimum absolute atomic E-state index is 0.0102. The average molecular weight is 324 g/mol. The lowest BCUT2D eigenvalue weighted by molar-refractivity contribution is 0.0935. The predicted octanol–water partition coefficient (Wildman–Crippen LogP) is 4.60. The normalized spacial score (nSPS) is 15.3. The highest BCUT2D eigenvalue weighted by Crippen LogP contribution is 2.25. The summed E-state index contributed by atoms with van der Waals surface area (Å²) in [5, 5.41) is 5.13. The lowest BCUT2D eigenvalue weighted by atomic mass is 9.89. The number of thiophene rings is 1. The molecule has 4 rings (SSSR count). The van der Waals surface area contributed by atoms with E-state index in [4.69, 9.17) is 0 Å². The van der Waals surface area contributed by atoms with Gasteiger partial charge in [0.2, 0.25) is 0 Å². The zero-order valence-electron chi connectivity index (χ0n) is 13.2. The molecule has 1 aliphatic rings. The van der Waals surface area contributed by atoms with Crippen LogP contribution >= 0.6 is 11.3 Å². The summed E-state index contributed by atoms with van der Waals surface area (Å²) in [6.45, 7) is 2.05. The van der Waals surface area contributed by atoms with Crippen LogP contribution in [0.15, 0.2) is 35.7 Å². The predicted molar refractivity (Wildman–Crippen MR) is 95.1 cm³/mol. The summed E-state index contributed by atoms with van der Waals surface area (Å²) in [5.41, 5.74) is 5.78. The summed E-state index contributed by atoms with van der Waals surface area (Å²) in [5.74, 6) is -0.0429. The first-order valence-corrected chi connectivity index (χ1v) is 9.07. The number of fused-ring (bicyclic) bond motifs is 2. The van der Waals surface area contributed by atoms with Gasteiger partial charge >= 0.3 is 0 Å². The quantitative estimate of drug-likeness (QED) is 0.726. The number of benzene rings is 1. The van der Waals surface area contributed by atoms with Crippen LogP contribution in [0, 0.1) is 0 Å². The number of H-pyrrole nitrogens is 1. The van der Waals surface area contributed by atoms with Gasteiger partial charge in [0.1, 0.15) is 5.69 Å². The third-order valence-electron chi connectivity index (χ3n) is 4.70. The number of hydrogen-bond acceptors (Lipinski definition) is 2. The van der Waals surface area contributed by atoms with Gasteiger partial charge in [0.25, 0.3) is 5.91 Å². The monoisotopic (exact) mass is 324 g/mol. The van der Waals surface area contributed by atoms with E-state index in [1.54, 1.807) is 11.3 Å². The van der Waals surface area contributed by atoms with Gasteiger partial charge < -0.3 is 10.3 Å². The fourth-order valence-electron chi connectivity index (χ4n) is 3.35. The zero-order chi connectivity index (χ0) is 15.8. The van der Waals surface area contributed by atoms with Crippen molar-refractivity contribution in [3.63, 3.8) is 0 Å². The minimum atomic E-state index is -0.0429. The van der Waals surface area contributed by atoms with E-state index < -0.39 is 0 Å². The van der Waals surface area contributed by atoms with Crippen molar-refractivity contribution in [3.05, 3.63) is 58.1 Å². The van der Waals surface area contributed by atoms with E-state index in [2.05, 4.69) is 28.5 Å². The van der Waals surface area contributed by atoms with E-state index in [0.29, 0.717) is 5.69 Å². The van der Waals surface area contributed by atoms with Crippen LogP contribution in [0.2, 0.25) is 0 Å². The first-order valence-electron chi connectivity index (χ1n) is 8.19. The van der Waals surface area contributed by atoms with Crippen molar-refractivity contribution in [2.45, 2.75) is 38.6 Å². The van der Waals surface area contributed by atoms with Gasteiger partial charge in [-0.05, 0) is 66.8 Å². The largest absolute Gasteiger partial charge is 0.350 e. The standard InChI is InChI=1S/C19H20N2OS/c1-12(14-7-6-13-4-2-3-5-15(13)10-14)20-19(22)17-11-18-16(21-17)8-9-23-18/h6-12,21H,2-5H2,1H3,(H,20,22). The van der Waals surface area contributed by atoms with E-state index in [-0.39, 0.29) is 11.9 Å². The summed E-state index contributed by atoms with van der Waals surface area (Å²) in [4.78, 5) is 15.6. The molecule has 1 unspecified atom stereocenters. The van der Waals surface area contributed by atoms with Gasteiger partial charge in [0.05, 0.1) is 16.3 Å². The Morgan fingerprint density at radius 3 is 2.83 bits per heavy atom. The third kappa shape index (κ3) is 2.79. The van der Waals surface area contributed by atoms with Crippen molar-refractivity contribution in [3.8, 4) is 0 Å². The van der Waals surface area contributed by atoms with Gasteiger partial charge in [-0.25, -0.2) is 0 Å². The molecule has 23 heavy (non-hydrogen) atoms. The molecule has 1 atom stereocenters. The third-order valence-corrected chi connectivity index (χ3v) is 5.57. The molecule has 0 saturated heterocycles. The topological polar surface area (TPSA) is 44.9 Å². The summed E-state index contributed by atoms with van der Waals surface area (Å²) < 4.78 is 1.12. The maximum atomic E-state index is 12.4. The molecule has 2 aromatic heterocycles. The van der Waals surface area contributed by atoms with Crippen LogP contribution in [0.1, 0.15) is 53.0 Å². The van der Waals surface area contributed by atoms with Crippen LogP contribution in [0.25, 0.3) is 10.2 Å². The van der Waals surface area contributed by atoms with Crippen molar-refractivity contribution in [1.82, 2.24) is 10.3 Å². The van der Waals surface area contributed by atoms with Gasteiger partial charge in [-0.1, -0.05) is 18.2 Å². The molecule has 1 amide bonds. The molecule has 2 N–H and O–H groups in total. The lowest BCUT2D eigenvalue weighted by Gasteiger charge is -2.20. The molecular formula is C19H20N2OS. The van der Waals surface area contributed by atoms with E-state index in [9.17, 15) is 4.79 Å². The highest BCUT2D eigenvalue weighted by atomic mass is 32.1. The van der Waals surface area contributed by atoms with Crippen molar-refractivity contribution < 1.29 is 4.79 Å². The Morgan fingerprint density at radius 2 is 2.00 bits per heavy atom. The highest BCUT2D eigenvalue weighted by molar-refractivity contribution is 7.17. The number of nitrogens with one attached hydrogen (secondary N) is 2. The average Bonchev–Trinajstić information content (AvgIpc) is 3.16. The van der Waals surface area contributed by atoms with E-state index >= 15 is 0 Å². The first-order chi connectivity index (χ1) is 11.2. The second-order valence-corrected chi connectivity index (χ2v) is 7.26. The molecule has 3 aromatic rings. The van der Waals surface area contributed by atoms with Gasteiger partial charge in [-0.3, -0.25) is 4.79 Å². The number of amides is 1. The molecule has 0 saturated carbocycles. The molecule has 0 fully saturated rings. The Morgan fingerprint density at radius 1 is 1.17 bits per heavy atom. The van der Waals surface area contributed by atoms with Gasteiger partial charge in [0.15, 0.2) is 0 Å². The maximum absolute atomic E-state index is 12.4. The van der Waals surface area contributed by atoms with Crippen molar-refractivity contribution >= 4 is 27.5 Å². The summed E-state index contributed by atoms with van der Waals surface area (Å²) in [7, 11) is 0. The number of rotatable bonds is 3. The van der Waals surface area contributed by atoms with Crippen molar-refractivity contribution in [1.29, 1.82) is 0 Å². The van der Waals surface area contributed by atoms with Crippen LogP contribution in [-0.2, 0) is 12.8 Å². The van der Waals surface area contributed by atoms with Gasteiger partial charge in [-0.15, -0.1) is 11.3 Å². The summed E-state index contributed by atoms with van der Waals surface area (Å²) >= 11 is 1.65. The molecular weight excluding hydrogens is 304 g/mol. The first kappa shape index (κ1) is 14.5. The fourth-order valence-corrected chi connectivity index (χ4v) is 4.13. The van der Waals surface area contributed by atoms with E-state index in [1.807, 2.05) is 24.4 Å². The molecule has 0 bridgehead atoms. The number of aromatic nitrogens is 1. The molecule has 3 nitrogen and oxygen atoms in total. The summed E-state index contributed by atoms with van der Waals surface area (Å²) in [6.07, 6.45) is 4.92. The van der Waals surface area contributed by atoms with Crippen LogP contribution in [0.5, 0.6) is 0 Å². The second-order valence-electron chi connectivity index (χ2n) is 6.31. The molecule has 1 aliphatic carbocycles. The molecule has 0 radical (unpaired) electrons. The molecule has 1 aromatic carbocycles. The minimum Gasteiger partial charge on any atom is -0.350 e.